The van der Waals surface area contributed by atoms with Crippen molar-refractivity contribution >= 4 is 29.3 Å². The van der Waals surface area contributed by atoms with E-state index in [4.69, 9.17) is 4.74 Å². The Bertz CT molecular complexity index is 838. The third kappa shape index (κ3) is 4.84. The molecule has 0 aromatic heterocycles. The molecule has 0 radical (unpaired) electrons. The minimum Gasteiger partial charge on any atom is -0.447 e. The van der Waals surface area contributed by atoms with Crippen molar-refractivity contribution in [3.63, 3.8) is 0 Å². The van der Waals surface area contributed by atoms with E-state index in [2.05, 4.69) is 10.6 Å². The predicted octanol–water partition coefficient (Wildman–Crippen LogP) is 2.79. The molecule has 2 aromatic rings. The monoisotopic (exact) mass is 367 g/mol. The summed E-state index contributed by atoms with van der Waals surface area (Å²) in [6, 6.07) is 15.5. The first-order valence-electron chi connectivity index (χ1n) is 8.73. The van der Waals surface area contributed by atoms with Gasteiger partial charge in [-0.1, -0.05) is 24.3 Å². The van der Waals surface area contributed by atoms with Crippen LogP contribution in [0.4, 0.5) is 16.2 Å². The van der Waals surface area contributed by atoms with E-state index in [1.807, 2.05) is 6.07 Å². The number of benzene rings is 2. The van der Waals surface area contributed by atoms with Crippen molar-refractivity contribution in [2.75, 3.05) is 23.4 Å². The molecular formula is C20H21N3O4. The SMILES string of the molecule is CC(CC(=O)Nc1cccc(N2CCOC2=O)c1)NC(=O)c1ccccc1. The van der Waals surface area contributed by atoms with E-state index in [1.165, 1.54) is 4.90 Å². The van der Waals surface area contributed by atoms with Gasteiger partial charge in [0.25, 0.3) is 5.91 Å². The Kier molecular flexibility index (Phi) is 5.71. The molecule has 2 aromatic carbocycles. The van der Waals surface area contributed by atoms with Crippen LogP contribution in [0.5, 0.6) is 0 Å². The molecule has 1 fully saturated rings. The van der Waals surface area contributed by atoms with Crippen molar-refractivity contribution in [3.8, 4) is 0 Å². The Morgan fingerprint density at radius 2 is 1.93 bits per heavy atom. The smallest absolute Gasteiger partial charge is 0.414 e. The number of nitrogens with one attached hydrogen (secondary N) is 2. The molecule has 140 valence electrons. The van der Waals surface area contributed by atoms with Gasteiger partial charge >= 0.3 is 6.09 Å². The van der Waals surface area contributed by atoms with E-state index in [0.717, 1.165) is 0 Å². The lowest BCUT2D eigenvalue weighted by Gasteiger charge is -2.16. The fourth-order valence-electron chi connectivity index (χ4n) is 2.82. The van der Waals surface area contributed by atoms with E-state index in [9.17, 15) is 14.4 Å². The summed E-state index contributed by atoms with van der Waals surface area (Å²) in [5.41, 5.74) is 1.80. The minimum absolute atomic E-state index is 0.133. The molecule has 0 bridgehead atoms. The molecule has 1 atom stereocenters. The molecule has 0 spiro atoms. The number of cyclic esters (lactones) is 1. The summed E-state index contributed by atoms with van der Waals surface area (Å²) in [4.78, 5) is 37.6. The van der Waals surface area contributed by atoms with Gasteiger partial charge in [0.05, 0.1) is 6.54 Å². The quantitative estimate of drug-likeness (QED) is 0.822. The lowest BCUT2D eigenvalue weighted by Crippen LogP contribution is -2.35. The summed E-state index contributed by atoms with van der Waals surface area (Å²) >= 11 is 0. The van der Waals surface area contributed by atoms with Crippen molar-refractivity contribution in [1.29, 1.82) is 0 Å². The fraction of sp³-hybridized carbons (Fsp3) is 0.250. The highest BCUT2D eigenvalue weighted by Crippen LogP contribution is 2.22. The predicted molar refractivity (Wildman–Crippen MR) is 102 cm³/mol. The Morgan fingerprint density at radius 1 is 1.15 bits per heavy atom. The van der Waals surface area contributed by atoms with Crippen molar-refractivity contribution in [2.45, 2.75) is 19.4 Å². The maximum atomic E-state index is 12.3. The summed E-state index contributed by atoms with van der Waals surface area (Å²) in [5, 5.41) is 5.60. The standard InChI is InChI=1S/C20H21N3O4/c1-14(21-19(25)15-6-3-2-4-7-15)12-18(24)22-16-8-5-9-17(13-16)23-10-11-27-20(23)26/h2-9,13-14H,10-12H2,1H3,(H,21,25)(H,22,24). The first kappa shape index (κ1) is 18.4. The molecule has 1 aliphatic heterocycles. The van der Waals surface area contributed by atoms with Crippen LogP contribution in [0.1, 0.15) is 23.7 Å². The number of ether oxygens (including phenoxy) is 1. The van der Waals surface area contributed by atoms with Gasteiger partial charge in [-0.3, -0.25) is 14.5 Å². The Hall–Kier alpha value is -3.35. The van der Waals surface area contributed by atoms with Crippen LogP contribution in [0.3, 0.4) is 0 Å². The summed E-state index contributed by atoms with van der Waals surface area (Å²) < 4.78 is 4.93. The van der Waals surface area contributed by atoms with Crippen LogP contribution >= 0.6 is 0 Å². The normalized spacial score (nSPS) is 14.4. The second-order valence-electron chi connectivity index (χ2n) is 6.31. The zero-order valence-corrected chi connectivity index (χ0v) is 15.0. The molecule has 1 unspecified atom stereocenters. The lowest BCUT2D eigenvalue weighted by atomic mass is 10.1. The van der Waals surface area contributed by atoms with Crippen molar-refractivity contribution < 1.29 is 19.1 Å². The number of anilines is 2. The number of carbonyl (C=O) groups excluding carboxylic acids is 3. The van der Waals surface area contributed by atoms with E-state index in [-0.39, 0.29) is 24.3 Å². The van der Waals surface area contributed by atoms with Crippen LogP contribution < -0.4 is 15.5 Å². The molecule has 7 nitrogen and oxygen atoms in total. The molecule has 27 heavy (non-hydrogen) atoms. The fourth-order valence-corrected chi connectivity index (χ4v) is 2.82. The first-order valence-corrected chi connectivity index (χ1v) is 8.73. The van der Waals surface area contributed by atoms with E-state index in [1.54, 1.807) is 55.5 Å². The highest BCUT2D eigenvalue weighted by Gasteiger charge is 2.23. The molecule has 3 rings (SSSR count). The molecule has 2 N–H and O–H groups in total. The number of hydrogen-bond acceptors (Lipinski definition) is 4. The van der Waals surface area contributed by atoms with E-state index < -0.39 is 6.09 Å². The van der Waals surface area contributed by atoms with Gasteiger partial charge in [0, 0.05) is 29.4 Å². The van der Waals surface area contributed by atoms with Crippen LogP contribution in [0, 0.1) is 0 Å². The zero-order chi connectivity index (χ0) is 19.2. The zero-order valence-electron chi connectivity index (χ0n) is 15.0. The number of amides is 3. The third-order valence-electron chi connectivity index (χ3n) is 4.11. The van der Waals surface area contributed by atoms with Crippen LogP contribution in [0.2, 0.25) is 0 Å². The first-order chi connectivity index (χ1) is 13.0. The average molecular weight is 367 g/mol. The van der Waals surface area contributed by atoms with Crippen molar-refractivity contribution in [1.82, 2.24) is 5.32 Å². The van der Waals surface area contributed by atoms with Gasteiger partial charge in [-0.15, -0.1) is 0 Å². The highest BCUT2D eigenvalue weighted by atomic mass is 16.6. The van der Waals surface area contributed by atoms with Gasteiger partial charge in [-0.05, 0) is 37.3 Å². The number of carbonyl (C=O) groups is 3. The maximum Gasteiger partial charge on any atom is 0.414 e. The Morgan fingerprint density at radius 3 is 2.63 bits per heavy atom. The third-order valence-corrected chi connectivity index (χ3v) is 4.11. The van der Waals surface area contributed by atoms with Crippen LogP contribution in [0.15, 0.2) is 54.6 Å². The van der Waals surface area contributed by atoms with E-state index in [0.29, 0.717) is 30.1 Å². The molecule has 1 heterocycles. The number of nitrogens with zero attached hydrogens (tertiary/aromatic N) is 1. The largest absolute Gasteiger partial charge is 0.447 e. The van der Waals surface area contributed by atoms with Gasteiger partial charge in [-0.25, -0.2) is 4.79 Å². The second-order valence-corrected chi connectivity index (χ2v) is 6.31. The molecule has 0 saturated carbocycles. The Labute approximate surface area is 157 Å². The molecule has 1 saturated heterocycles. The topological polar surface area (TPSA) is 87.7 Å². The van der Waals surface area contributed by atoms with Crippen molar-refractivity contribution in [2.24, 2.45) is 0 Å². The molecule has 3 amide bonds. The van der Waals surface area contributed by atoms with Crippen LogP contribution in [-0.4, -0.2) is 37.1 Å². The minimum atomic E-state index is -0.393. The van der Waals surface area contributed by atoms with Crippen molar-refractivity contribution in [3.05, 3.63) is 60.2 Å². The maximum absolute atomic E-state index is 12.3. The second kappa shape index (κ2) is 8.35. The summed E-state index contributed by atoms with van der Waals surface area (Å²) in [7, 11) is 0. The van der Waals surface area contributed by atoms with Gasteiger partial charge in [0.1, 0.15) is 6.61 Å². The molecular weight excluding hydrogens is 346 g/mol. The van der Waals surface area contributed by atoms with Crippen LogP contribution in [-0.2, 0) is 9.53 Å². The number of hydrogen-bond donors (Lipinski definition) is 2. The van der Waals surface area contributed by atoms with Crippen LogP contribution in [0.25, 0.3) is 0 Å². The highest BCUT2D eigenvalue weighted by molar-refractivity contribution is 5.96. The lowest BCUT2D eigenvalue weighted by molar-refractivity contribution is -0.116. The van der Waals surface area contributed by atoms with Gasteiger partial charge in [0.15, 0.2) is 0 Å². The van der Waals surface area contributed by atoms with E-state index >= 15 is 0 Å². The molecule has 0 aliphatic carbocycles. The van der Waals surface area contributed by atoms with Gasteiger partial charge in [0.2, 0.25) is 5.91 Å². The number of rotatable bonds is 6. The van der Waals surface area contributed by atoms with Gasteiger partial charge in [-0.2, -0.15) is 0 Å². The Balaban J connectivity index is 1.54. The molecule has 1 aliphatic rings. The average Bonchev–Trinajstić information content (AvgIpc) is 3.08. The summed E-state index contributed by atoms with van der Waals surface area (Å²) in [5.74, 6) is -0.442. The summed E-state index contributed by atoms with van der Waals surface area (Å²) in [6.07, 6.45) is -0.259. The molecule has 7 heteroatoms. The van der Waals surface area contributed by atoms with Gasteiger partial charge < -0.3 is 15.4 Å². The summed E-state index contributed by atoms with van der Waals surface area (Å²) in [6.45, 7) is 2.61.